The summed E-state index contributed by atoms with van der Waals surface area (Å²) in [5.41, 5.74) is 4.63. The van der Waals surface area contributed by atoms with Crippen LogP contribution in [0, 0.1) is 18.8 Å². The second-order valence-electron chi connectivity index (χ2n) is 13.3. The zero-order chi connectivity index (χ0) is 32.0. The summed E-state index contributed by atoms with van der Waals surface area (Å²) in [6, 6.07) is 15.0. The van der Waals surface area contributed by atoms with Crippen molar-refractivity contribution in [3.8, 4) is 16.2 Å². The van der Waals surface area contributed by atoms with Crippen LogP contribution >= 0.6 is 11.3 Å². The fourth-order valence-electron chi connectivity index (χ4n) is 7.18. The van der Waals surface area contributed by atoms with Gasteiger partial charge in [-0.1, -0.05) is 24.3 Å². The number of hydrogen-bond donors (Lipinski definition) is 2. The van der Waals surface area contributed by atoms with Crippen molar-refractivity contribution in [1.82, 2.24) is 10.3 Å². The van der Waals surface area contributed by atoms with Gasteiger partial charge in [0.25, 0.3) is 0 Å². The number of aryl methyl sites for hydroxylation is 1. The third-order valence-electron chi connectivity index (χ3n) is 10.0. The monoisotopic (exact) mass is 645 g/mol. The van der Waals surface area contributed by atoms with Crippen LogP contribution in [0.1, 0.15) is 92.2 Å². The molecule has 8 nitrogen and oxygen atoms in total. The second kappa shape index (κ2) is 15.0. The molecule has 0 aliphatic heterocycles. The largest absolute Gasteiger partial charge is 0.496 e. The normalized spacial score (nSPS) is 23.0. The summed E-state index contributed by atoms with van der Waals surface area (Å²) >= 11 is 1.78. The van der Waals surface area contributed by atoms with Gasteiger partial charge < -0.3 is 24.8 Å². The molecule has 2 aromatic carbocycles. The first-order valence-electron chi connectivity index (χ1n) is 17.0. The molecule has 0 spiro atoms. The molecule has 9 heteroatoms. The first-order valence-corrected chi connectivity index (χ1v) is 17.8. The summed E-state index contributed by atoms with van der Waals surface area (Å²) < 4.78 is 11.0. The van der Waals surface area contributed by atoms with E-state index >= 15 is 0 Å². The molecule has 0 atom stereocenters. The third-order valence-corrected chi connectivity index (χ3v) is 11.2. The number of hydrogen-bond acceptors (Lipinski definition) is 7. The maximum atomic E-state index is 14.3. The lowest BCUT2D eigenvalue weighted by atomic mass is 9.78. The van der Waals surface area contributed by atoms with E-state index in [-0.39, 0.29) is 31.1 Å². The number of carbonyl (C=O) groups is 2. The fraction of sp³-hybridized carbons (Fsp3) is 0.541. The molecule has 6 rings (SSSR count). The van der Waals surface area contributed by atoms with Gasteiger partial charge >= 0.3 is 6.09 Å². The van der Waals surface area contributed by atoms with Gasteiger partial charge in [0.1, 0.15) is 11.9 Å². The Morgan fingerprint density at radius 1 is 0.978 bits per heavy atom. The minimum Gasteiger partial charge on any atom is -0.496 e. The molecule has 3 aliphatic rings. The predicted octanol–water partition coefficient (Wildman–Crippen LogP) is 7.59. The number of aliphatic hydroxyl groups is 1. The van der Waals surface area contributed by atoms with E-state index in [1.165, 1.54) is 29.0 Å². The van der Waals surface area contributed by atoms with Gasteiger partial charge in [-0.05, 0) is 118 Å². The molecule has 0 radical (unpaired) electrons. The molecule has 0 bridgehead atoms. The number of rotatable bonds is 11. The number of aromatic nitrogens is 1. The highest BCUT2D eigenvalue weighted by atomic mass is 32.1. The van der Waals surface area contributed by atoms with Crippen molar-refractivity contribution in [3.63, 3.8) is 0 Å². The van der Waals surface area contributed by atoms with E-state index in [4.69, 9.17) is 19.6 Å². The zero-order valence-electron chi connectivity index (χ0n) is 27.1. The number of carbonyl (C=O) groups excluding carboxylic acids is 2. The number of aliphatic hydroxyl groups excluding tert-OH is 1. The van der Waals surface area contributed by atoms with Crippen LogP contribution in [0.4, 0.5) is 10.5 Å². The summed E-state index contributed by atoms with van der Waals surface area (Å²) in [4.78, 5) is 34.3. The number of alkyl carbamates (subject to hydrolysis) is 1. The number of anilines is 1. The van der Waals surface area contributed by atoms with Gasteiger partial charge in [0.2, 0.25) is 5.91 Å². The molecular weight excluding hydrogens is 598 g/mol. The zero-order valence-corrected chi connectivity index (χ0v) is 27.9. The lowest BCUT2D eigenvalue weighted by molar-refractivity contribution is -0.124. The standard InChI is InChI=1S/C37H47N3O5S/c1-24-20-29(14-17-33(24)44-2)26-8-6-25(7-9-26)23-40(36(42)28-12-15-32(16-13-28)45-37(43)38-18-19-41)31-5-3-4-30(21-31)34-22-39-35(46-34)27-10-11-27/h3-5,14,17,20-22,25-28,32,41H,6-13,15-16,18-19,23H2,1-2H3,(H,38,43). The number of methoxy groups -OCH3 is 1. The van der Waals surface area contributed by atoms with Crippen LogP contribution in [0.5, 0.6) is 5.75 Å². The lowest BCUT2D eigenvalue weighted by Crippen LogP contribution is -2.42. The van der Waals surface area contributed by atoms with Crippen molar-refractivity contribution in [2.75, 3.05) is 31.7 Å². The van der Waals surface area contributed by atoms with E-state index in [0.29, 0.717) is 50.0 Å². The summed E-state index contributed by atoms with van der Waals surface area (Å²) in [5.74, 6) is 2.59. The Balaban J connectivity index is 1.15. The van der Waals surface area contributed by atoms with E-state index in [1.54, 1.807) is 18.4 Å². The van der Waals surface area contributed by atoms with E-state index < -0.39 is 6.09 Å². The molecule has 246 valence electrons. The van der Waals surface area contributed by atoms with Crippen LogP contribution < -0.4 is 15.0 Å². The molecule has 46 heavy (non-hydrogen) atoms. The third kappa shape index (κ3) is 7.92. The highest BCUT2D eigenvalue weighted by molar-refractivity contribution is 7.15. The van der Waals surface area contributed by atoms with Crippen LogP contribution in [0.25, 0.3) is 10.4 Å². The number of thiazole rings is 1. The number of amides is 2. The Morgan fingerprint density at radius 2 is 1.74 bits per heavy atom. The Hall–Kier alpha value is -3.43. The Bertz CT molecular complexity index is 1490. The van der Waals surface area contributed by atoms with Crippen LogP contribution in [-0.2, 0) is 9.53 Å². The summed E-state index contributed by atoms with van der Waals surface area (Å²) in [6.07, 6.45) is 10.8. The Morgan fingerprint density at radius 3 is 2.43 bits per heavy atom. The Kier molecular flexibility index (Phi) is 10.6. The van der Waals surface area contributed by atoms with E-state index in [0.717, 1.165) is 47.6 Å². The lowest BCUT2D eigenvalue weighted by Gasteiger charge is -2.36. The first kappa shape index (κ1) is 32.5. The molecule has 3 aliphatic carbocycles. The molecule has 1 heterocycles. The maximum absolute atomic E-state index is 14.3. The minimum atomic E-state index is -0.504. The van der Waals surface area contributed by atoms with Crippen LogP contribution in [-0.4, -0.2) is 55.0 Å². The van der Waals surface area contributed by atoms with Crippen LogP contribution in [0.15, 0.2) is 48.7 Å². The average Bonchev–Trinajstić information content (AvgIpc) is 3.82. The topological polar surface area (TPSA) is 101 Å². The maximum Gasteiger partial charge on any atom is 0.407 e. The summed E-state index contributed by atoms with van der Waals surface area (Å²) in [5, 5.41) is 12.7. The SMILES string of the molecule is COc1ccc(C2CCC(CN(C(=O)C3CCC(OC(=O)NCCO)CC3)c3cccc(-c4cnc(C5CC5)s4)c3)CC2)cc1C. The number of nitrogens with zero attached hydrogens (tertiary/aromatic N) is 2. The van der Waals surface area contributed by atoms with Gasteiger partial charge in [0.15, 0.2) is 0 Å². The van der Waals surface area contributed by atoms with Crippen molar-refractivity contribution in [2.45, 2.75) is 89.1 Å². The van der Waals surface area contributed by atoms with Crippen molar-refractivity contribution in [3.05, 3.63) is 64.8 Å². The van der Waals surface area contributed by atoms with Crippen molar-refractivity contribution < 1.29 is 24.2 Å². The first-order chi connectivity index (χ1) is 22.4. The highest BCUT2D eigenvalue weighted by Crippen LogP contribution is 2.44. The number of ether oxygens (including phenoxy) is 2. The molecular formula is C37H47N3O5S. The van der Waals surface area contributed by atoms with Gasteiger partial charge in [-0.2, -0.15) is 0 Å². The van der Waals surface area contributed by atoms with Gasteiger partial charge in [-0.25, -0.2) is 9.78 Å². The van der Waals surface area contributed by atoms with Crippen molar-refractivity contribution in [2.24, 2.45) is 11.8 Å². The summed E-state index contributed by atoms with van der Waals surface area (Å²) in [6.45, 7) is 2.87. The van der Waals surface area contributed by atoms with Gasteiger partial charge in [-0.3, -0.25) is 4.79 Å². The van der Waals surface area contributed by atoms with Crippen LogP contribution in [0.3, 0.4) is 0 Å². The molecule has 0 saturated heterocycles. The molecule has 3 saturated carbocycles. The number of benzene rings is 2. The van der Waals surface area contributed by atoms with Gasteiger partial charge in [0.05, 0.1) is 23.6 Å². The molecule has 1 aromatic heterocycles. The summed E-state index contributed by atoms with van der Waals surface area (Å²) in [7, 11) is 1.72. The number of nitrogens with one attached hydrogen (secondary N) is 1. The van der Waals surface area contributed by atoms with E-state index in [1.807, 2.05) is 6.20 Å². The molecule has 3 fully saturated rings. The van der Waals surface area contributed by atoms with Crippen molar-refractivity contribution >= 4 is 29.0 Å². The van der Waals surface area contributed by atoms with Crippen molar-refractivity contribution in [1.29, 1.82) is 0 Å². The second-order valence-corrected chi connectivity index (χ2v) is 14.4. The van der Waals surface area contributed by atoms with Crippen LogP contribution in [0.2, 0.25) is 0 Å². The Labute approximate surface area is 276 Å². The predicted molar refractivity (Wildman–Crippen MR) is 182 cm³/mol. The molecule has 0 unspecified atom stereocenters. The quantitative estimate of drug-likeness (QED) is 0.223. The highest BCUT2D eigenvalue weighted by Gasteiger charge is 2.34. The van der Waals surface area contributed by atoms with E-state index in [2.05, 4.69) is 59.6 Å². The molecule has 2 amide bonds. The van der Waals surface area contributed by atoms with E-state index in [9.17, 15) is 9.59 Å². The minimum absolute atomic E-state index is 0.104. The smallest absolute Gasteiger partial charge is 0.407 e. The fourth-order valence-corrected chi connectivity index (χ4v) is 8.26. The average molecular weight is 646 g/mol. The van der Waals surface area contributed by atoms with Gasteiger partial charge in [-0.15, -0.1) is 11.3 Å². The molecule has 3 aromatic rings. The molecule has 2 N–H and O–H groups in total. The van der Waals surface area contributed by atoms with Gasteiger partial charge in [0, 0.05) is 36.8 Å².